The van der Waals surface area contributed by atoms with E-state index in [1.54, 1.807) is 18.6 Å². The third kappa shape index (κ3) is 1.51. The van der Waals surface area contributed by atoms with Crippen molar-refractivity contribution in [3.05, 3.63) is 35.5 Å². The molecule has 0 aromatic carbocycles. The second kappa shape index (κ2) is 3.42. The van der Waals surface area contributed by atoms with Gasteiger partial charge in [0, 0.05) is 30.7 Å². The molecule has 0 radical (unpaired) electrons. The van der Waals surface area contributed by atoms with Gasteiger partial charge in [-0.2, -0.15) is 0 Å². The molecule has 0 aliphatic heterocycles. The van der Waals surface area contributed by atoms with Gasteiger partial charge in [0.1, 0.15) is 0 Å². The minimum Gasteiger partial charge on any atom is -0.340 e. The number of imidazole rings is 1. The first-order valence-electron chi connectivity index (χ1n) is 4.28. The number of hydrogen-bond donors (Lipinski definition) is 0. The Morgan fingerprint density at radius 3 is 2.71 bits per heavy atom. The highest BCUT2D eigenvalue weighted by Gasteiger charge is 2.09. The van der Waals surface area contributed by atoms with Crippen molar-refractivity contribution in [3.63, 3.8) is 0 Å². The highest BCUT2D eigenvalue weighted by molar-refractivity contribution is 6.33. The maximum Gasteiger partial charge on any atom is 0.0951 e. The Hall–Kier alpha value is -1.35. The predicted octanol–water partition coefficient (Wildman–Crippen LogP) is 2.44. The van der Waals surface area contributed by atoms with Gasteiger partial charge >= 0.3 is 0 Å². The summed E-state index contributed by atoms with van der Waals surface area (Å²) in [6, 6.07) is 1.78. The van der Waals surface area contributed by atoms with Crippen LogP contribution in [0.3, 0.4) is 0 Å². The van der Waals surface area contributed by atoms with Crippen LogP contribution in [0.2, 0.25) is 5.02 Å². The summed E-state index contributed by atoms with van der Waals surface area (Å²) in [7, 11) is 1.93. The summed E-state index contributed by atoms with van der Waals surface area (Å²) in [5, 5.41) is 0.691. The van der Waals surface area contributed by atoms with Crippen LogP contribution in [0.4, 0.5) is 0 Å². The van der Waals surface area contributed by atoms with E-state index in [-0.39, 0.29) is 0 Å². The number of aromatic nitrogens is 3. The molecule has 72 valence electrons. The second-order valence-corrected chi connectivity index (χ2v) is 3.58. The zero-order valence-electron chi connectivity index (χ0n) is 8.03. The van der Waals surface area contributed by atoms with E-state index >= 15 is 0 Å². The molecule has 0 fully saturated rings. The van der Waals surface area contributed by atoms with Gasteiger partial charge in [0.05, 0.1) is 17.0 Å². The van der Waals surface area contributed by atoms with E-state index < -0.39 is 0 Å². The van der Waals surface area contributed by atoms with Crippen LogP contribution >= 0.6 is 11.6 Å². The Balaban J connectivity index is 2.61. The molecule has 2 rings (SSSR count). The van der Waals surface area contributed by atoms with Crippen molar-refractivity contribution in [2.45, 2.75) is 6.92 Å². The molecule has 0 saturated heterocycles. The first-order valence-corrected chi connectivity index (χ1v) is 4.65. The van der Waals surface area contributed by atoms with Gasteiger partial charge in [-0.3, -0.25) is 4.98 Å². The Labute approximate surface area is 87.4 Å². The highest BCUT2D eigenvalue weighted by Crippen LogP contribution is 2.27. The van der Waals surface area contributed by atoms with Crippen molar-refractivity contribution < 1.29 is 0 Å². The molecule has 0 spiro atoms. The average Bonchev–Trinajstić information content (AvgIpc) is 2.51. The molecule has 2 aromatic rings. The van der Waals surface area contributed by atoms with E-state index in [2.05, 4.69) is 9.97 Å². The molecule has 0 N–H and O–H groups in total. The molecule has 0 bridgehead atoms. The molecule has 2 aromatic heterocycles. The lowest BCUT2D eigenvalue weighted by Crippen LogP contribution is -1.88. The van der Waals surface area contributed by atoms with Gasteiger partial charge in [-0.15, -0.1) is 0 Å². The monoisotopic (exact) mass is 207 g/mol. The van der Waals surface area contributed by atoms with Gasteiger partial charge in [0.15, 0.2) is 0 Å². The number of pyridine rings is 1. The molecular weight excluding hydrogens is 198 g/mol. The van der Waals surface area contributed by atoms with E-state index in [0.29, 0.717) is 5.02 Å². The molecule has 0 aliphatic rings. The maximum atomic E-state index is 6.08. The van der Waals surface area contributed by atoms with Gasteiger partial charge in [0.2, 0.25) is 0 Å². The molecule has 2 heterocycles. The molecule has 0 unspecified atom stereocenters. The van der Waals surface area contributed by atoms with Crippen LogP contribution in [0.5, 0.6) is 0 Å². The number of nitrogens with zero attached hydrogens (tertiary/aromatic N) is 3. The van der Waals surface area contributed by atoms with Gasteiger partial charge in [-0.25, -0.2) is 4.98 Å². The first kappa shape index (κ1) is 9.21. The topological polar surface area (TPSA) is 30.7 Å². The number of halogens is 1. The van der Waals surface area contributed by atoms with Gasteiger partial charge < -0.3 is 4.57 Å². The summed E-state index contributed by atoms with van der Waals surface area (Å²) in [4.78, 5) is 8.44. The van der Waals surface area contributed by atoms with E-state index in [0.717, 1.165) is 17.0 Å². The number of hydrogen-bond acceptors (Lipinski definition) is 2. The van der Waals surface area contributed by atoms with Crippen LogP contribution in [0, 0.1) is 6.92 Å². The maximum absolute atomic E-state index is 6.08. The summed E-state index contributed by atoms with van der Waals surface area (Å²) in [6.07, 6.45) is 5.37. The van der Waals surface area contributed by atoms with Crippen molar-refractivity contribution in [1.82, 2.24) is 14.5 Å². The summed E-state index contributed by atoms with van der Waals surface area (Å²) in [5.41, 5.74) is 2.68. The molecule has 4 heteroatoms. The fourth-order valence-corrected chi connectivity index (χ4v) is 1.67. The molecular formula is C10H10ClN3. The largest absolute Gasteiger partial charge is 0.340 e. The van der Waals surface area contributed by atoms with E-state index in [9.17, 15) is 0 Å². The zero-order chi connectivity index (χ0) is 10.1. The van der Waals surface area contributed by atoms with Crippen LogP contribution in [0.25, 0.3) is 11.3 Å². The third-order valence-corrected chi connectivity index (χ3v) is 2.37. The molecule has 0 amide bonds. The highest BCUT2D eigenvalue weighted by atomic mass is 35.5. The zero-order valence-corrected chi connectivity index (χ0v) is 8.78. The van der Waals surface area contributed by atoms with Crippen molar-refractivity contribution in [2.75, 3.05) is 0 Å². The molecule has 0 aliphatic carbocycles. The Morgan fingerprint density at radius 1 is 1.36 bits per heavy atom. The van der Waals surface area contributed by atoms with Crippen molar-refractivity contribution >= 4 is 11.6 Å². The van der Waals surface area contributed by atoms with E-state index in [1.165, 1.54) is 0 Å². The summed E-state index contributed by atoms with van der Waals surface area (Å²) >= 11 is 6.08. The van der Waals surface area contributed by atoms with E-state index in [1.807, 2.05) is 24.7 Å². The third-order valence-electron chi connectivity index (χ3n) is 2.05. The predicted molar refractivity (Wildman–Crippen MR) is 56.2 cm³/mol. The van der Waals surface area contributed by atoms with Crippen LogP contribution < -0.4 is 0 Å². The minimum atomic E-state index is 0.691. The lowest BCUT2D eigenvalue weighted by molar-refractivity contribution is 0.913. The minimum absolute atomic E-state index is 0.691. The van der Waals surface area contributed by atoms with Crippen LogP contribution in [0.15, 0.2) is 24.8 Å². The summed E-state index contributed by atoms with van der Waals surface area (Å²) in [5.74, 6) is 0. The smallest absolute Gasteiger partial charge is 0.0951 e. The quantitative estimate of drug-likeness (QED) is 0.719. The van der Waals surface area contributed by atoms with Crippen molar-refractivity contribution in [2.24, 2.45) is 7.05 Å². The Morgan fingerprint density at radius 2 is 2.14 bits per heavy atom. The van der Waals surface area contributed by atoms with Gasteiger partial charge in [-0.1, -0.05) is 11.6 Å². The van der Waals surface area contributed by atoms with Crippen LogP contribution in [-0.2, 0) is 7.05 Å². The second-order valence-electron chi connectivity index (χ2n) is 3.18. The van der Waals surface area contributed by atoms with E-state index in [4.69, 9.17) is 11.6 Å². The standard InChI is InChI=1S/C10H10ClN3/c1-7-10(8(11)3-4-12-7)9-5-14(2)6-13-9/h3-6H,1-2H3. The van der Waals surface area contributed by atoms with Crippen molar-refractivity contribution in [3.8, 4) is 11.3 Å². The Kier molecular flexibility index (Phi) is 2.25. The fraction of sp³-hybridized carbons (Fsp3) is 0.200. The molecule has 3 nitrogen and oxygen atoms in total. The summed E-state index contributed by atoms with van der Waals surface area (Å²) in [6.45, 7) is 1.93. The molecule has 0 atom stereocenters. The molecule has 0 saturated carbocycles. The fourth-order valence-electron chi connectivity index (χ4n) is 1.38. The number of rotatable bonds is 1. The lowest BCUT2D eigenvalue weighted by Gasteiger charge is -2.03. The van der Waals surface area contributed by atoms with Crippen LogP contribution in [-0.4, -0.2) is 14.5 Å². The summed E-state index contributed by atoms with van der Waals surface area (Å²) < 4.78 is 1.89. The van der Waals surface area contributed by atoms with Gasteiger partial charge in [0.25, 0.3) is 0 Å². The van der Waals surface area contributed by atoms with Gasteiger partial charge in [-0.05, 0) is 13.0 Å². The normalized spacial score (nSPS) is 10.5. The van der Waals surface area contributed by atoms with Crippen LogP contribution in [0.1, 0.15) is 5.69 Å². The Bertz CT molecular complexity index is 442. The first-order chi connectivity index (χ1) is 6.68. The average molecular weight is 208 g/mol. The SMILES string of the molecule is Cc1nccc(Cl)c1-c1cn(C)cn1. The number of aryl methyl sites for hydroxylation is 2. The molecule has 14 heavy (non-hydrogen) atoms. The lowest BCUT2D eigenvalue weighted by atomic mass is 10.1. The van der Waals surface area contributed by atoms with Crippen molar-refractivity contribution in [1.29, 1.82) is 0 Å².